The average Bonchev–Trinajstić information content (AvgIpc) is 3.09. The van der Waals surface area contributed by atoms with Crippen LogP contribution in [0.2, 0.25) is 0 Å². The summed E-state index contributed by atoms with van der Waals surface area (Å²) in [5, 5.41) is 11.8. The van der Waals surface area contributed by atoms with E-state index in [1.807, 2.05) is 19.1 Å². The molecule has 0 aromatic carbocycles. The number of aryl methyl sites for hydroxylation is 1. The maximum absolute atomic E-state index is 12.3. The Labute approximate surface area is 141 Å². The number of carboxylic acid groups (broad SMARTS) is 1. The van der Waals surface area contributed by atoms with Gasteiger partial charge < -0.3 is 19.7 Å². The molecule has 1 aromatic rings. The molecule has 1 atom stereocenters. The number of aliphatic carboxylic acids is 1. The molecule has 24 heavy (non-hydrogen) atoms. The molecular weight excluding hydrogens is 312 g/mol. The fourth-order valence-electron chi connectivity index (χ4n) is 3.05. The van der Waals surface area contributed by atoms with Crippen LogP contribution in [0.1, 0.15) is 50.0 Å². The molecule has 1 aromatic heterocycles. The summed E-state index contributed by atoms with van der Waals surface area (Å²) < 4.78 is 5.46. The van der Waals surface area contributed by atoms with Gasteiger partial charge in [0.1, 0.15) is 11.5 Å². The minimum atomic E-state index is -0.896. The Bertz CT molecular complexity index is 624. The van der Waals surface area contributed by atoms with Crippen LogP contribution >= 0.6 is 0 Å². The SMILES string of the molecule is Cc1ccc(CN(C)C(=O)CC[C@@]2(CCC(=O)O)CCC(=O)N2)o1. The number of rotatable bonds is 8. The van der Waals surface area contributed by atoms with Crippen molar-refractivity contribution in [1.29, 1.82) is 0 Å². The fraction of sp³-hybridized carbons (Fsp3) is 0.588. The standard InChI is InChI=1S/C17H24N2O5/c1-12-3-4-13(24-12)11-19(2)15(21)6-9-17(10-7-16(22)23)8-5-14(20)18-17/h3-4H,5-11H2,1-2H3,(H,18,20)(H,22,23)/t17-/m1/s1. The molecule has 1 fully saturated rings. The molecule has 0 aliphatic carbocycles. The van der Waals surface area contributed by atoms with E-state index in [1.165, 1.54) is 0 Å². The number of carbonyl (C=O) groups is 3. The van der Waals surface area contributed by atoms with Gasteiger partial charge in [-0.15, -0.1) is 0 Å². The van der Waals surface area contributed by atoms with Gasteiger partial charge in [-0.1, -0.05) is 0 Å². The van der Waals surface area contributed by atoms with Crippen LogP contribution < -0.4 is 5.32 Å². The molecule has 7 heteroatoms. The first kappa shape index (κ1) is 18.0. The van der Waals surface area contributed by atoms with Gasteiger partial charge in [-0.3, -0.25) is 14.4 Å². The molecule has 1 aliphatic rings. The molecule has 7 nitrogen and oxygen atoms in total. The van der Waals surface area contributed by atoms with Gasteiger partial charge in [0.2, 0.25) is 11.8 Å². The third-order valence-electron chi connectivity index (χ3n) is 4.48. The predicted molar refractivity (Wildman–Crippen MR) is 86.1 cm³/mol. The first-order chi connectivity index (χ1) is 11.3. The molecule has 1 aliphatic heterocycles. The highest BCUT2D eigenvalue weighted by Gasteiger charge is 2.38. The summed E-state index contributed by atoms with van der Waals surface area (Å²) in [6.45, 7) is 2.24. The van der Waals surface area contributed by atoms with Crippen molar-refractivity contribution in [3.63, 3.8) is 0 Å². The molecule has 2 rings (SSSR count). The molecule has 0 radical (unpaired) electrons. The quantitative estimate of drug-likeness (QED) is 0.754. The third-order valence-corrected chi connectivity index (χ3v) is 4.48. The van der Waals surface area contributed by atoms with Crippen molar-refractivity contribution < 1.29 is 23.9 Å². The first-order valence-electron chi connectivity index (χ1n) is 8.12. The monoisotopic (exact) mass is 336 g/mol. The average molecular weight is 336 g/mol. The first-order valence-corrected chi connectivity index (χ1v) is 8.12. The van der Waals surface area contributed by atoms with E-state index in [4.69, 9.17) is 9.52 Å². The topological polar surface area (TPSA) is 99.9 Å². The predicted octanol–water partition coefficient (Wildman–Crippen LogP) is 1.84. The Morgan fingerprint density at radius 3 is 2.58 bits per heavy atom. The zero-order valence-electron chi connectivity index (χ0n) is 14.1. The van der Waals surface area contributed by atoms with Gasteiger partial charge in [0, 0.05) is 31.8 Å². The van der Waals surface area contributed by atoms with Crippen molar-refractivity contribution in [1.82, 2.24) is 10.2 Å². The normalized spacial score (nSPS) is 20.0. The second-order valence-electron chi connectivity index (χ2n) is 6.48. The maximum Gasteiger partial charge on any atom is 0.303 e. The van der Waals surface area contributed by atoms with Gasteiger partial charge in [0.05, 0.1) is 6.54 Å². The van der Waals surface area contributed by atoms with Gasteiger partial charge >= 0.3 is 5.97 Å². The smallest absolute Gasteiger partial charge is 0.303 e. The van der Waals surface area contributed by atoms with Crippen LogP contribution in [0.5, 0.6) is 0 Å². The van der Waals surface area contributed by atoms with Crippen LogP contribution in [0, 0.1) is 6.92 Å². The van der Waals surface area contributed by atoms with Gasteiger partial charge in [0.15, 0.2) is 0 Å². The zero-order valence-corrected chi connectivity index (χ0v) is 14.1. The maximum atomic E-state index is 12.3. The van der Waals surface area contributed by atoms with E-state index in [0.717, 1.165) is 11.5 Å². The van der Waals surface area contributed by atoms with Crippen molar-refractivity contribution in [3.8, 4) is 0 Å². The molecule has 0 bridgehead atoms. The van der Waals surface area contributed by atoms with Crippen LogP contribution in [0.15, 0.2) is 16.5 Å². The van der Waals surface area contributed by atoms with E-state index in [9.17, 15) is 14.4 Å². The molecule has 1 saturated heterocycles. The molecule has 0 saturated carbocycles. The Kier molecular flexibility index (Phi) is 5.64. The molecule has 0 spiro atoms. The van der Waals surface area contributed by atoms with E-state index < -0.39 is 11.5 Å². The number of nitrogens with one attached hydrogen (secondary N) is 1. The summed E-state index contributed by atoms with van der Waals surface area (Å²) >= 11 is 0. The van der Waals surface area contributed by atoms with Gasteiger partial charge in [-0.25, -0.2) is 0 Å². The summed E-state index contributed by atoms with van der Waals surface area (Å²) in [7, 11) is 1.71. The van der Waals surface area contributed by atoms with E-state index in [-0.39, 0.29) is 24.7 Å². The highest BCUT2D eigenvalue weighted by atomic mass is 16.4. The fourth-order valence-corrected chi connectivity index (χ4v) is 3.05. The number of carbonyl (C=O) groups excluding carboxylic acids is 2. The number of hydrogen-bond acceptors (Lipinski definition) is 4. The molecule has 2 heterocycles. The van der Waals surface area contributed by atoms with Crippen LogP contribution in [0.4, 0.5) is 0 Å². The van der Waals surface area contributed by atoms with Crippen LogP contribution in [0.25, 0.3) is 0 Å². The summed E-state index contributed by atoms with van der Waals surface area (Å²) in [6, 6.07) is 3.69. The number of carboxylic acids is 1. The summed E-state index contributed by atoms with van der Waals surface area (Å²) in [4.78, 5) is 36.3. The second-order valence-corrected chi connectivity index (χ2v) is 6.48. The zero-order chi connectivity index (χ0) is 17.7. The van der Waals surface area contributed by atoms with Gasteiger partial charge in [-0.05, 0) is 38.3 Å². The molecule has 2 N–H and O–H groups in total. The third kappa shape index (κ3) is 4.84. The Morgan fingerprint density at radius 2 is 2.04 bits per heavy atom. The van der Waals surface area contributed by atoms with E-state index >= 15 is 0 Å². The van der Waals surface area contributed by atoms with Crippen molar-refractivity contribution in [2.24, 2.45) is 0 Å². The molecule has 132 valence electrons. The van der Waals surface area contributed by atoms with Crippen molar-refractivity contribution in [2.45, 2.75) is 57.5 Å². The lowest BCUT2D eigenvalue weighted by Crippen LogP contribution is -2.43. The lowest BCUT2D eigenvalue weighted by molar-refractivity contribution is -0.137. The summed E-state index contributed by atoms with van der Waals surface area (Å²) in [5.74, 6) is 0.490. The molecule has 0 unspecified atom stereocenters. The number of amides is 2. The summed E-state index contributed by atoms with van der Waals surface area (Å²) in [6.07, 6.45) is 2.00. The van der Waals surface area contributed by atoms with Crippen LogP contribution in [-0.2, 0) is 20.9 Å². The lowest BCUT2D eigenvalue weighted by Gasteiger charge is -2.29. The van der Waals surface area contributed by atoms with E-state index in [0.29, 0.717) is 32.2 Å². The highest BCUT2D eigenvalue weighted by molar-refractivity contribution is 5.80. The largest absolute Gasteiger partial charge is 0.481 e. The lowest BCUT2D eigenvalue weighted by atomic mass is 9.86. The molecular formula is C17H24N2O5. The number of hydrogen-bond donors (Lipinski definition) is 2. The Balaban J connectivity index is 1.89. The van der Waals surface area contributed by atoms with E-state index in [2.05, 4.69) is 5.32 Å². The minimum absolute atomic E-state index is 0.0179. The minimum Gasteiger partial charge on any atom is -0.481 e. The van der Waals surface area contributed by atoms with Crippen LogP contribution in [-0.4, -0.2) is 40.4 Å². The summed E-state index contributed by atoms with van der Waals surface area (Å²) in [5.41, 5.74) is -0.576. The van der Waals surface area contributed by atoms with Crippen molar-refractivity contribution in [2.75, 3.05) is 7.05 Å². The second kappa shape index (κ2) is 7.51. The van der Waals surface area contributed by atoms with Crippen LogP contribution in [0.3, 0.4) is 0 Å². The van der Waals surface area contributed by atoms with Gasteiger partial charge in [0.25, 0.3) is 0 Å². The Morgan fingerprint density at radius 1 is 1.33 bits per heavy atom. The number of furan rings is 1. The number of nitrogens with zero attached hydrogens (tertiary/aromatic N) is 1. The molecule has 2 amide bonds. The highest BCUT2D eigenvalue weighted by Crippen LogP contribution is 2.30. The van der Waals surface area contributed by atoms with Gasteiger partial charge in [-0.2, -0.15) is 0 Å². The van der Waals surface area contributed by atoms with E-state index in [1.54, 1.807) is 11.9 Å². The van der Waals surface area contributed by atoms with Crippen molar-refractivity contribution in [3.05, 3.63) is 23.7 Å². The van der Waals surface area contributed by atoms with Crippen molar-refractivity contribution >= 4 is 17.8 Å². The Hall–Kier alpha value is -2.31.